The number of aliphatic hydroxyl groups is 3. The zero-order valence-corrected chi connectivity index (χ0v) is 55.2. The number of nitrogens with two attached hydrogens (primary N) is 5. The van der Waals surface area contributed by atoms with Crippen molar-refractivity contribution >= 4 is 93.8 Å². The first-order chi connectivity index (χ1) is 46.7. The molecule has 2 fully saturated rings. The fraction of sp³-hybridized carbons (Fsp3) is 0.556. The number of rotatable bonds is 27. The predicted octanol–water partition coefficient (Wildman–Crippen LogP) is -5.53. The van der Waals surface area contributed by atoms with Gasteiger partial charge in [-0.3, -0.25) is 67.5 Å². The zero-order chi connectivity index (χ0) is 72.0. The molecule has 98 heavy (non-hydrogen) atoms. The van der Waals surface area contributed by atoms with Crippen molar-refractivity contribution in [2.75, 3.05) is 32.8 Å². The van der Waals surface area contributed by atoms with Crippen molar-refractivity contribution < 1.29 is 77.7 Å². The Labute approximate surface area is 565 Å². The average Bonchev–Trinajstić information content (AvgIpc) is 1.64. The van der Waals surface area contributed by atoms with Crippen LogP contribution in [0, 0.1) is 0 Å². The molecular formula is C63H95N19O16. The van der Waals surface area contributed by atoms with Gasteiger partial charge < -0.3 is 107 Å². The molecule has 2 aromatic carbocycles. The minimum absolute atomic E-state index is 0.000953. The quantitative estimate of drug-likeness (QED) is 0.0192. The topological polar surface area (TPSA) is 569 Å². The number of guanidine groups is 2. The van der Waals surface area contributed by atoms with Crippen LogP contribution in [0.1, 0.15) is 115 Å². The van der Waals surface area contributed by atoms with Crippen LogP contribution in [0.5, 0.6) is 0 Å². The van der Waals surface area contributed by atoms with E-state index in [0.29, 0.717) is 17.5 Å². The molecule has 0 aliphatic carbocycles. The summed E-state index contributed by atoms with van der Waals surface area (Å²) in [4.78, 5) is 186. The maximum absolute atomic E-state index is 15.1. The van der Waals surface area contributed by atoms with Gasteiger partial charge in [0.2, 0.25) is 65.0 Å². The second-order valence-electron chi connectivity index (χ2n) is 24.1. The summed E-state index contributed by atoms with van der Waals surface area (Å²) in [7, 11) is 0. The van der Waals surface area contributed by atoms with Gasteiger partial charge in [-0.05, 0) is 81.9 Å². The molecule has 35 nitrogen and oxygen atoms in total. The number of carbonyl (C=O) groups excluding carboxylic acids is 12. The summed E-state index contributed by atoms with van der Waals surface area (Å²) in [6.45, 7) is 2.66. The molecule has 35 heteroatoms. The van der Waals surface area contributed by atoms with Crippen LogP contribution in [-0.2, 0) is 75.2 Å². The molecule has 2 unspecified atom stereocenters. The van der Waals surface area contributed by atoms with Crippen LogP contribution in [-0.4, -0.2) is 213 Å². The minimum Gasteiger partial charge on any atom is -0.394 e. The fourth-order valence-corrected chi connectivity index (χ4v) is 11.0. The first kappa shape index (κ1) is 78.7. The first-order valence-corrected chi connectivity index (χ1v) is 32.6. The van der Waals surface area contributed by atoms with E-state index >= 15 is 4.79 Å². The highest BCUT2D eigenvalue weighted by atomic mass is 16.7. The first-order valence-electron chi connectivity index (χ1n) is 32.6. The third-order valence-electron chi connectivity index (χ3n) is 16.2. The van der Waals surface area contributed by atoms with Crippen molar-refractivity contribution in [2.45, 2.75) is 190 Å². The maximum atomic E-state index is 15.1. The molecule has 0 saturated carbocycles. The van der Waals surface area contributed by atoms with Crippen LogP contribution in [0.15, 0.2) is 70.8 Å². The molecule has 2 saturated heterocycles. The molecule has 5 rings (SSSR count). The van der Waals surface area contributed by atoms with Crippen LogP contribution in [0.3, 0.4) is 0 Å². The van der Waals surface area contributed by atoms with Gasteiger partial charge >= 0.3 is 5.97 Å². The fourth-order valence-electron chi connectivity index (χ4n) is 11.0. The number of hydrogen-bond acceptors (Lipinski definition) is 19. The summed E-state index contributed by atoms with van der Waals surface area (Å²) in [5, 5.41) is 55.8. The monoisotopic (exact) mass is 1370 g/mol. The van der Waals surface area contributed by atoms with E-state index in [9.17, 15) is 68.1 Å². The molecule has 0 bridgehead atoms. The van der Waals surface area contributed by atoms with Crippen LogP contribution in [0.25, 0.3) is 10.9 Å². The Balaban J connectivity index is 1.50. The number of unbranched alkanes of at least 4 members (excludes halogenated alkanes) is 1. The normalized spacial score (nSPS) is 21.7. The van der Waals surface area contributed by atoms with Gasteiger partial charge in [0.25, 0.3) is 0 Å². The third kappa shape index (κ3) is 25.5. The van der Waals surface area contributed by atoms with Gasteiger partial charge in [0.1, 0.15) is 60.4 Å². The molecule has 24 N–H and O–H groups in total. The van der Waals surface area contributed by atoms with E-state index in [-0.39, 0.29) is 102 Å². The number of nitrogens with one attached hydrogen (secondary N) is 11. The van der Waals surface area contributed by atoms with Crippen molar-refractivity contribution in [3.05, 3.63) is 71.9 Å². The standard InChI is InChI=1S/C63H95N19O16/c1-4-5-18-42(77-60(96)51(34(2)84)81-55(91)44(22-14-26-70-63(67)68)76-58(94)48(33-83)73-35(3)85)53(89)78-45-23-24-50(87)98-72-27-12-11-20-41(52(64)88)74-57(93)47(29-37-31-71-40-19-10-9-17-39(37)40)79-54(90)43(21-13-25-69-62(65)66)75-56(92)46(28-36-15-7-6-8-16-36)80-59(95)49-30-38(86)32-82(49)61(45)97/h6-10,15-17,19,31,34,38,41-49,51,71-72,83-84,86H,4-5,11-14,18,20-30,32-33H2,1-3H3,(H2,64,88)(H,73,85)(H,74,93)(H,75,92)(H,76,94)(H,77,96)(H,78,89)(H,79,90)(H,80,95)(H,81,91)(H4,65,66,69)(H4,67,68,70)/t34?,38?,41-,42-,43-,44-,45-,46+,47-,48+,49-,51-/m0/s1. The number of hydroxylamine groups is 1. The highest BCUT2D eigenvalue weighted by molar-refractivity contribution is 6.00. The van der Waals surface area contributed by atoms with Gasteiger partial charge in [0.15, 0.2) is 11.9 Å². The number of aliphatic hydroxyl groups excluding tert-OH is 3. The smallest absolute Gasteiger partial charge is 0.324 e. The Hall–Kier alpha value is -10.0. The molecular weight excluding hydrogens is 1280 g/mol. The molecule has 2 aliphatic rings. The lowest BCUT2D eigenvalue weighted by Gasteiger charge is -2.31. The summed E-state index contributed by atoms with van der Waals surface area (Å²) >= 11 is 0. The highest BCUT2D eigenvalue weighted by Gasteiger charge is 2.44. The van der Waals surface area contributed by atoms with Crippen LogP contribution < -0.4 is 82.0 Å². The van der Waals surface area contributed by atoms with Crippen LogP contribution >= 0.6 is 0 Å². The molecule has 3 heterocycles. The number of aliphatic imine (C=N–C) groups is 2. The molecule has 0 radical (unpaired) electrons. The Morgan fingerprint density at radius 3 is 1.96 bits per heavy atom. The summed E-state index contributed by atoms with van der Waals surface area (Å²) < 4.78 is 0. The molecule has 538 valence electrons. The SMILES string of the molecule is CCCC[C@H](NC(=O)[C@@H](NC(=O)[C@H](CCCN=C(N)N)NC(=O)[C@@H](CO)NC(C)=O)C(C)O)C(=O)N[C@H]1CCC(=O)ONCCCC[C@@H](C(N)=O)NC(=O)[C@H](Cc2c[nH]c3ccccc23)NC(=O)[C@H](CCCN=C(N)N)NC(=O)[C@@H](Cc2ccccc2)NC(=O)[C@@H]2CC(O)CN2C1=O. The van der Waals surface area contributed by atoms with Gasteiger partial charge in [-0.2, -0.15) is 5.48 Å². The van der Waals surface area contributed by atoms with Crippen LogP contribution in [0.4, 0.5) is 0 Å². The number of aromatic amines is 1. The number of para-hydroxylation sites is 1. The van der Waals surface area contributed by atoms with E-state index in [1.165, 1.54) is 0 Å². The van der Waals surface area contributed by atoms with Crippen molar-refractivity contribution in [3.63, 3.8) is 0 Å². The Bertz CT molecular complexity index is 3290. The van der Waals surface area contributed by atoms with Gasteiger partial charge in [-0.1, -0.05) is 68.3 Å². The van der Waals surface area contributed by atoms with Crippen molar-refractivity contribution in [1.82, 2.24) is 63.2 Å². The van der Waals surface area contributed by atoms with E-state index in [0.717, 1.165) is 29.7 Å². The third-order valence-corrected chi connectivity index (χ3v) is 16.2. The largest absolute Gasteiger partial charge is 0.394 e. The van der Waals surface area contributed by atoms with Crippen molar-refractivity contribution in [2.24, 2.45) is 38.7 Å². The highest BCUT2D eigenvalue weighted by Crippen LogP contribution is 2.23. The van der Waals surface area contributed by atoms with Crippen molar-refractivity contribution in [3.8, 4) is 0 Å². The Morgan fingerprint density at radius 1 is 0.694 bits per heavy atom. The van der Waals surface area contributed by atoms with Gasteiger partial charge in [0, 0.05) is 75.9 Å². The van der Waals surface area contributed by atoms with Gasteiger partial charge in [0.05, 0.1) is 18.8 Å². The van der Waals surface area contributed by atoms with E-state index in [4.69, 9.17) is 33.5 Å². The lowest BCUT2D eigenvalue weighted by molar-refractivity contribution is -0.152. The Kier molecular flexibility index (Phi) is 32.0. The number of nitrogens with zero attached hydrogens (tertiary/aromatic N) is 3. The summed E-state index contributed by atoms with van der Waals surface area (Å²) in [5.74, 6) is -11.7. The van der Waals surface area contributed by atoms with Crippen molar-refractivity contribution in [1.29, 1.82) is 0 Å². The second-order valence-corrected chi connectivity index (χ2v) is 24.1. The molecule has 12 atom stereocenters. The molecule has 2 aliphatic heterocycles. The number of aromatic nitrogens is 1. The number of benzene rings is 2. The maximum Gasteiger partial charge on any atom is 0.324 e. The zero-order valence-electron chi connectivity index (χ0n) is 55.2. The summed E-state index contributed by atoms with van der Waals surface area (Å²) in [6.07, 6.45) is -2.21. The number of hydrogen-bond donors (Lipinski definition) is 19. The average molecular weight is 1370 g/mol. The Morgan fingerprint density at radius 2 is 1.30 bits per heavy atom. The predicted molar refractivity (Wildman–Crippen MR) is 356 cm³/mol. The van der Waals surface area contributed by atoms with Crippen LogP contribution in [0.2, 0.25) is 0 Å². The number of carbonyl (C=O) groups is 12. The molecule has 11 amide bonds. The number of H-pyrrole nitrogens is 1. The number of fused-ring (bicyclic) bond motifs is 2. The van der Waals surface area contributed by atoms with Gasteiger partial charge in [-0.15, -0.1) is 0 Å². The van der Waals surface area contributed by atoms with Gasteiger partial charge in [-0.25, -0.2) is 0 Å². The van der Waals surface area contributed by atoms with E-state index in [1.54, 1.807) is 55.6 Å². The van der Waals surface area contributed by atoms with E-state index in [2.05, 4.69) is 68.3 Å². The molecule has 3 aromatic rings. The second kappa shape index (κ2) is 39.9. The molecule has 1 aromatic heterocycles. The number of amides is 11. The number of primary amides is 1. The lowest BCUT2D eigenvalue weighted by atomic mass is 10.0. The summed E-state index contributed by atoms with van der Waals surface area (Å²) in [6, 6.07) is 0.439. The van der Waals surface area contributed by atoms with E-state index in [1.807, 2.05) is 12.1 Å². The summed E-state index contributed by atoms with van der Waals surface area (Å²) in [5.41, 5.74) is 32.3. The molecule has 0 spiro atoms. The van der Waals surface area contributed by atoms with E-state index < -0.39 is 176 Å². The lowest BCUT2D eigenvalue weighted by Crippen LogP contribution is -2.62. The minimum atomic E-state index is -1.82.